The Balaban J connectivity index is 2.17. The highest BCUT2D eigenvalue weighted by Gasteiger charge is 2.22. The van der Waals surface area contributed by atoms with Crippen LogP contribution in [0.4, 0.5) is 0 Å². The molecule has 5 nitrogen and oxygen atoms in total. The number of carbonyl (C=O) groups is 2. The van der Waals surface area contributed by atoms with Crippen LogP contribution >= 0.6 is 0 Å². The summed E-state index contributed by atoms with van der Waals surface area (Å²) in [6, 6.07) is 0. The Kier molecular flexibility index (Phi) is 7.59. The van der Waals surface area contributed by atoms with Gasteiger partial charge in [-0.15, -0.1) is 0 Å². The lowest BCUT2D eigenvalue weighted by Crippen LogP contribution is -2.40. The molecule has 0 radical (unpaired) electrons. The van der Waals surface area contributed by atoms with Gasteiger partial charge in [0.2, 0.25) is 11.8 Å². The summed E-state index contributed by atoms with van der Waals surface area (Å²) in [7, 11) is 3.50. The highest BCUT2D eigenvalue weighted by atomic mass is 16.2. The first-order chi connectivity index (χ1) is 9.54. The summed E-state index contributed by atoms with van der Waals surface area (Å²) in [6.45, 7) is 5.94. The summed E-state index contributed by atoms with van der Waals surface area (Å²) in [5, 5.41) is 3.37. The number of hydrogen-bond donors (Lipinski definition) is 1. The highest BCUT2D eigenvalue weighted by molar-refractivity contribution is 5.78. The fourth-order valence-corrected chi connectivity index (χ4v) is 2.51. The highest BCUT2D eigenvalue weighted by Crippen LogP contribution is 2.17. The molecule has 1 N–H and O–H groups in total. The Morgan fingerprint density at radius 3 is 2.40 bits per heavy atom. The lowest BCUT2D eigenvalue weighted by atomic mass is 9.96. The topological polar surface area (TPSA) is 52.7 Å². The molecule has 1 rings (SSSR count). The minimum absolute atomic E-state index is 0.0992. The van der Waals surface area contributed by atoms with E-state index in [1.54, 1.807) is 19.0 Å². The first-order valence-corrected chi connectivity index (χ1v) is 7.73. The summed E-state index contributed by atoms with van der Waals surface area (Å²) in [5.41, 5.74) is 0. The van der Waals surface area contributed by atoms with Crippen LogP contribution in [0.5, 0.6) is 0 Å². The van der Waals surface area contributed by atoms with E-state index in [0.717, 1.165) is 39.0 Å². The molecule has 20 heavy (non-hydrogen) atoms. The zero-order valence-electron chi connectivity index (χ0n) is 13.2. The second-order valence-corrected chi connectivity index (χ2v) is 5.77. The number of rotatable bonds is 7. The zero-order valence-corrected chi connectivity index (χ0v) is 13.2. The number of hydrogen-bond acceptors (Lipinski definition) is 3. The molecule has 0 spiro atoms. The number of nitrogens with one attached hydrogen (secondary N) is 1. The van der Waals surface area contributed by atoms with Crippen LogP contribution in [-0.2, 0) is 9.59 Å². The molecule has 1 heterocycles. The van der Waals surface area contributed by atoms with Gasteiger partial charge in [0.25, 0.3) is 0 Å². The zero-order chi connectivity index (χ0) is 15.0. The summed E-state index contributed by atoms with van der Waals surface area (Å²) in [5.74, 6) is 1.01. The molecule has 0 unspecified atom stereocenters. The number of amides is 2. The molecular formula is C15H29N3O2. The Bertz CT molecular complexity index is 310. The molecule has 0 aromatic rings. The lowest BCUT2D eigenvalue weighted by Gasteiger charge is -2.32. The van der Waals surface area contributed by atoms with E-state index in [1.165, 1.54) is 0 Å². The Labute approximate surface area is 122 Å². The van der Waals surface area contributed by atoms with E-state index >= 15 is 0 Å². The lowest BCUT2D eigenvalue weighted by molar-refractivity contribution is -0.133. The van der Waals surface area contributed by atoms with Gasteiger partial charge in [-0.05, 0) is 38.3 Å². The number of nitrogens with zero attached hydrogens (tertiary/aromatic N) is 2. The van der Waals surface area contributed by atoms with Gasteiger partial charge in [-0.1, -0.05) is 6.92 Å². The molecule has 1 fully saturated rings. The quantitative estimate of drug-likeness (QED) is 0.761. The fourth-order valence-electron chi connectivity index (χ4n) is 2.51. The van der Waals surface area contributed by atoms with E-state index in [2.05, 4.69) is 12.2 Å². The molecule has 1 aliphatic rings. The summed E-state index contributed by atoms with van der Waals surface area (Å²) < 4.78 is 0. The van der Waals surface area contributed by atoms with Crippen LogP contribution in [-0.4, -0.2) is 61.9 Å². The fraction of sp³-hybridized carbons (Fsp3) is 0.867. The first kappa shape index (κ1) is 17.0. The normalized spacial score (nSPS) is 16.2. The molecule has 5 heteroatoms. The second-order valence-electron chi connectivity index (χ2n) is 5.77. The van der Waals surface area contributed by atoms with Crippen LogP contribution in [0, 0.1) is 5.92 Å². The van der Waals surface area contributed by atoms with E-state index < -0.39 is 0 Å². The van der Waals surface area contributed by atoms with Gasteiger partial charge in [0, 0.05) is 40.0 Å². The van der Waals surface area contributed by atoms with Gasteiger partial charge < -0.3 is 15.1 Å². The van der Waals surface area contributed by atoms with Gasteiger partial charge in [-0.3, -0.25) is 9.59 Å². The van der Waals surface area contributed by atoms with Gasteiger partial charge >= 0.3 is 0 Å². The maximum atomic E-state index is 12.1. The maximum Gasteiger partial charge on any atom is 0.222 e. The van der Waals surface area contributed by atoms with E-state index in [9.17, 15) is 9.59 Å². The van der Waals surface area contributed by atoms with Crippen molar-refractivity contribution in [1.29, 1.82) is 0 Å². The monoisotopic (exact) mass is 283 g/mol. The van der Waals surface area contributed by atoms with Crippen molar-refractivity contribution in [3.8, 4) is 0 Å². The Hall–Kier alpha value is -1.10. The second kappa shape index (κ2) is 8.95. The largest absolute Gasteiger partial charge is 0.349 e. The number of piperidine rings is 1. The van der Waals surface area contributed by atoms with Gasteiger partial charge in [0.05, 0.1) is 0 Å². The third-order valence-corrected chi connectivity index (χ3v) is 3.93. The Morgan fingerprint density at radius 1 is 1.20 bits per heavy atom. The number of carbonyl (C=O) groups excluding carboxylic acids is 2. The van der Waals surface area contributed by atoms with Crippen LogP contribution in [0.25, 0.3) is 0 Å². The minimum Gasteiger partial charge on any atom is -0.349 e. The molecule has 0 aromatic heterocycles. The molecule has 2 amide bonds. The van der Waals surface area contributed by atoms with Crippen molar-refractivity contribution in [3.63, 3.8) is 0 Å². The molecule has 0 aliphatic carbocycles. The van der Waals surface area contributed by atoms with Crippen molar-refractivity contribution in [2.45, 2.75) is 39.0 Å². The van der Waals surface area contributed by atoms with Crippen LogP contribution < -0.4 is 5.32 Å². The maximum absolute atomic E-state index is 12.1. The van der Waals surface area contributed by atoms with Gasteiger partial charge in [0.1, 0.15) is 0 Å². The first-order valence-electron chi connectivity index (χ1n) is 7.73. The summed E-state index contributed by atoms with van der Waals surface area (Å²) in [6.07, 6.45) is 3.81. The summed E-state index contributed by atoms with van der Waals surface area (Å²) in [4.78, 5) is 27.0. The molecule has 0 atom stereocenters. The van der Waals surface area contributed by atoms with Crippen molar-refractivity contribution >= 4 is 11.8 Å². The Morgan fingerprint density at radius 2 is 1.85 bits per heavy atom. The molecule has 1 aliphatic heterocycles. The van der Waals surface area contributed by atoms with Crippen LogP contribution in [0.2, 0.25) is 0 Å². The predicted molar refractivity (Wildman–Crippen MR) is 80.4 cm³/mol. The predicted octanol–water partition coefficient (Wildman–Crippen LogP) is 1.09. The molecule has 1 saturated heterocycles. The van der Waals surface area contributed by atoms with Crippen LogP contribution in [0.1, 0.15) is 39.0 Å². The molecule has 0 aromatic carbocycles. The number of likely N-dealkylation sites (tertiary alicyclic amines) is 1. The summed E-state index contributed by atoms with van der Waals surface area (Å²) >= 11 is 0. The molecule has 0 saturated carbocycles. The van der Waals surface area contributed by atoms with Crippen molar-refractivity contribution in [3.05, 3.63) is 0 Å². The average Bonchev–Trinajstić information content (AvgIpc) is 2.45. The van der Waals surface area contributed by atoms with Crippen molar-refractivity contribution in [2.24, 2.45) is 5.92 Å². The molecule has 0 bridgehead atoms. The van der Waals surface area contributed by atoms with E-state index in [-0.39, 0.29) is 11.8 Å². The van der Waals surface area contributed by atoms with E-state index in [0.29, 0.717) is 25.2 Å². The van der Waals surface area contributed by atoms with Crippen LogP contribution in [0.3, 0.4) is 0 Å². The molecular weight excluding hydrogens is 254 g/mol. The van der Waals surface area contributed by atoms with Crippen molar-refractivity contribution < 1.29 is 9.59 Å². The van der Waals surface area contributed by atoms with Crippen molar-refractivity contribution in [1.82, 2.24) is 15.1 Å². The van der Waals surface area contributed by atoms with Crippen molar-refractivity contribution in [2.75, 3.05) is 40.3 Å². The smallest absolute Gasteiger partial charge is 0.222 e. The standard InChI is InChI=1S/C15H29N3O2/c1-4-16-12-13-8-10-18(11-9-13)15(20)7-5-6-14(19)17(2)3/h13,16H,4-12H2,1-3H3. The molecule has 116 valence electrons. The van der Waals surface area contributed by atoms with Gasteiger partial charge in [0.15, 0.2) is 0 Å². The SMILES string of the molecule is CCNCC1CCN(C(=O)CCCC(=O)N(C)C)CC1. The minimum atomic E-state index is 0.0992. The van der Waals surface area contributed by atoms with E-state index in [1.807, 2.05) is 4.90 Å². The third kappa shape index (κ3) is 5.90. The van der Waals surface area contributed by atoms with Gasteiger partial charge in [-0.25, -0.2) is 0 Å². The average molecular weight is 283 g/mol. The third-order valence-electron chi connectivity index (χ3n) is 3.93. The van der Waals surface area contributed by atoms with Gasteiger partial charge in [-0.2, -0.15) is 0 Å². The van der Waals surface area contributed by atoms with Crippen LogP contribution in [0.15, 0.2) is 0 Å². The van der Waals surface area contributed by atoms with E-state index in [4.69, 9.17) is 0 Å².